The zero-order valence-corrected chi connectivity index (χ0v) is 11.4. The van der Waals surface area contributed by atoms with Gasteiger partial charge >= 0.3 is 5.69 Å². The molecule has 0 bridgehead atoms. The van der Waals surface area contributed by atoms with Gasteiger partial charge in [-0.05, 0) is 18.6 Å². The molecule has 6 nitrogen and oxygen atoms in total. The summed E-state index contributed by atoms with van der Waals surface area (Å²) in [6, 6.07) is 4.34. The molecule has 0 aliphatic heterocycles. The number of hydrogen-bond acceptors (Lipinski definition) is 5. The third-order valence-electron chi connectivity index (χ3n) is 2.53. The first kappa shape index (κ1) is 14.4. The Hall–Kier alpha value is -1.63. The van der Waals surface area contributed by atoms with E-state index in [-0.39, 0.29) is 10.6 Å². The number of nitro benzene ring substituents is 1. The molecule has 0 aliphatic carbocycles. The van der Waals surface area contributed by atoms with Crippen molar-refractivity contribution in [1.29, 1.82) is 0 Å². The van der Waals surface area contributed by atoms with E-state index >= 15 is 0 Å². The molecule has 0 heterocycles. The monoisotopic (exact) mass is 272 g/mol. The molecule has 100 valence electrons. The summed E-state index contributed by atoms with van der Waals surface area (Å²) < 4.78 is 23.1. The van der Waals surface area contributed by atoms with E-state index in [2.05, 4.69) is 0 Å². The van der Waals surface area contributed by atoms with Gasteiger partial charge in [0.15, 0.2) is 9.84 Å². The molecule has 1 rings (SSSR count). The van der Waals surface area contributed by atoms with Crippen LogP contribution in [0.2, 0.25) is 0 Å². The molecule has 0 aromatic heterocycles. The normalized spacial score (nSPS) is 11.3. The van der Waals surface area contributed by atoms with Crippen molar-refractivity contribution in [2.45, 2.75) is 18.2 Å². The number of nitrogens with zero attached hydrogens (tertiary/aromatic N) is 2. The van der Waals surface area contributed by atoms with E-state index in [9.17, 15) is 18.5 Å². The first-order valence-corrected chi connectivity index (χ1v) is 7.36. The first-order valence-electron chi connectivity index (χ1n) is 5.47. The molecule has 0 spiro atoms. The third kappa shape index (κ3) is 2.98. The van der Waals surface area contributed by atoms with Gasteiger partial charge < -0.3 is 4.90 Å². The van der Waals surface area contributed by atoms with Crippen LogP contribution >= 0.6 is 0 Å². The number of anilines is 1. The van der Waals surface area contributed by atoms with Crippen LogP contribution in [-0.2, 0) is 9.84 Å². The van der Waals surface area contributed by atoms with Gasteiger partial charge in [0.25, 0.3) is 0 Å². The smallest absolute Gasteiger partial charge is 0.311 e. The molecule has 0 fully saturated rings. The standard InChI is InChI=1S/C11H16N2O4S/c1-4-8-12(2)9-6-5-7-10(18(3,16)17)11(9)13(14)15/h5-7H,4,8H2,1-3H3. The summed E-state index contributed by atoms with van der Waals surface area (Å²) in [6.07, 6.45) is 1.79. The maximum Gasteiger partial charge on any atom is 0.311 e. The Morgan fingerprint density at radius 3 is 2.44 bits per heavy atom. The van der Waals surface area contributed by atoms with Crippen LogP contribution in [0.3, 0.4) is 0 Å². The highest BCUT2D eigenvalue weighted by Gasteiger charge is 2.27. The Morgan fingerprint density at radius 1 is 1.39 bits per heavy atom. The average molecular weight is 272 g/mol. The zero-order valence-electron chi connectivity index (χ0n) is 10.6. The highest BCUT2D eigenvalue weighted by molar-refractivity contribution is 7.90. The van der Waals surface area contributed by atoms with Crippen LogP contribution in [0.5, 0.6) is 0 Å². The topological polar surface area (TPSA) is 80.5 Å². The number of sulfone groups is 1. The van der Waals surface area contributed by atoms with Crippen LogP contribution in [-0.4, -0.2) is 33.2 Å². The molecule has 0 saturated carbocycles. The molecule has 0 amide bonds. The summed E-state index contributed by atoms with van der Waals surface area (Å²) in [5, 5.41) is 11.1. The fourth-order valence-corrected chi connectivity index (χ4v) is 2.61. The highest BCUT2D eigenvalue weighted by Crippen LogP contribution is 2.33. The summed E-state index contributed by atoms with van der Waals surface area (Å²) in [5.41, 5.74) is -0.0271. The van der Waals surface area contributed by atoms with E-state index in [0.717, 1.165) is 12.7 Å². The predicted molar refractivity (Wildman–Crippen MR) is 69.8 cm³/mol. The molecule has 0 unspecified atom stereocenters. The van der Waals surface area contributed by atoms with Crippen LogP contribution in [0.4, 0.5) is 11.4 Å². The van der Waals surface area contributed by atoms with Crippen LogP contribution in [0.1, 0.15) is 13.3 Å². The summed E-state index contributed by atoms with van der Waals surface area (Å²) in [7, 11) is -1.91. The molecule has 0 aliphatic rings. The average Bonchev–Trinajstić information content (AvgIpc) is 2.27. The number of nitro groups is 1. The number of benzene rings is 1. The maximum atomic E-state index is 11.6. The van der Waals surface area contributed by atoms with Gasteiger partial charge in [-0.15, -0.1) is 0 Å². The van der Waals surface area contributed by atoms with E-state index in [1.54, 1.807) is 18.0 Å². The van der Waals surface area contributed by atoms with E-state index < -0.39 is 14.8 Å². The lowest BCUT2D eigenvalue weighted by Crippen LogP contribution is -2.20. The minimum absolute atomic E-state index is 0.243. The minimum atomic E-state index is -3.62. The van der Waals surface area contributed by atoms with Crippen molar-refractivity contribution in [1.82, 2.24) is 0 Å². The van der Waals surface area contributed by atoms with Gasteiger partial charge in [-0.25, -0.2) is 8.42 Å². The van der Waals surface area contributed by atoms with E-state index in [1.165, 1.54) is 12.1 Å². The fourth-order valence-electron chi connectivity index (χ4n) is 1.76. The van der Waals surface area contributed by atoms with Crippen molar-refractivity contribution < 1.29 is 13.3 Å². The molecule has 1 aromatic rings. The van der Waals surface area contributed by atoms with Crippen molar-refractivity contribution in [3.63, 3.8) is 0 Å². The Balaban J connectivity index is 3.50. The van der Waals surface area contributed by atoms with Gasteiger partial charge in [0.1, 0.15) is 10.6 Å². The van der Waals surface area contributed by atoms with Gasteiger partial charge in [-0.2, -0.15) is 0 Å². The largest absolute Gasteiger partial charge is 0.369 e. The zero-order chi connectivity index (χ0) is 13.9. The van der Waals surface area contributed by atoms with Crippen molar-refractivity contribution >= 4 is 21.2 Å². The summed E-state index contributed by atoms with van der Waals surface area (Å²) in [6.45, 7) is 2.57. The first-order chi connectivity index (χ1) is 8.29. The molecule has 1 aromatic carbocycles. The fraction of sp³-hybridized carbons (Fsp3) is 0.455. The summed E-state index contributed by atoms with van der Waals surface area (Å²) >= 11 is 0. The van der Waals surface area contributed by atoms with Crippen molar-refractivity contribution in [3.8, 4) is 0 Å². The lowest BCUT2D eigenvalue weighted by molar-refractivity contribution is -0.387. The molecule has 7 heteroatoms. The van der Waals surface area contributed by atoms with Crippen molar-refractivity contribution in [3.05, 3.63) is 28.3 Å². The Kier molecular flexibility index (Phi) is 4.28. The Labute approximate surface area is 106 Å². The quantitative estimate of drug-likeness (QED) is 0.603. The number of hydrogen-bond donors (Lipinski definition) is 0. The molecule has 0 atom stereocenters. The molecule has 0 saturated heterocycles. The second kappa shape index (κ2) is 5.34. The predicted octanol–water partition coefficient (Wildman–Crippen LogP) is 1.84. The van der Waals surface area contributed by atoms with Gasteiger partial charge in [-0.1, -0.05) is 13.0 Å². The summed E-state index contributed by atoms with van der Waals surface area (Å²) in [4.78, 5) is 11.9. The van der Waals surface area contributed by atoms with E-state index in [0.29, 0.717) is 12.2 Å². The van der Waals surface area contributed by atoms with Crippen LogP contribution < -0.4 is 4.90 Å². The lowest BCUT2D eigenvalue weighted by atomic mass is 10.2. The number of para-hydroxylation sites is 1. The van der Waals surface area contributed by atoms with Gasteiger partial charge in [0, 0.05) is 19.8 Å². The maximum absolute atomic E-state index is 11.6. The van der Waals surface area contributed by atoms with Crippen molar-refractivity contribution in [2.75, 3.05) is 24.7 Å². The second-order valence-corrected chi connectivity index (χ2v) is 6.06. The summed E-state index contributed by atoms with van der Waals surface area (Å²) in [5.74, 6) is 0. The van der Waals surface area contributed by atoms with Crippen LogP contribution in [0, 0.1) is 10.1 Å². The molecule has 0 N–H and O–H groups in total. The third-order valence-corrected chi connectivity index (χ3v) is 3.66. The lowest BCUT2D eigenvalue weighted by Gasteiger charge is -2.18. The van der Waals surface area contributed by atoms with Crippen molar-refractivity contribution in [2.24, 2.45) is 0 Å². The molecule has 0 radical (unpaired) electrons. The minimum Gasteiger partial charge on any atom is -0.369 e. The van der Waals surface area contributed by atoms with E-state index in [4.69, 9.17) is 0 Å². The van der Waals surface area contributed by atoms with Crippen LogP contribution in [0.25, 0.3) is 0 Å². The number of rotatable bonds is 5. The molecular weight excluding hydrogens is 256 g/mol. The molecule has 18 heavy (non-hydrogen) atoms. The van der Waals surface area contributed by atoms with Crippen LogP contribution in [0.15, 0.2) is 23.1 Å². The highest BCUT2D eigenvalue weighted by atomic mass is 32.2. The van der Waals surface area contributed by atoms with Gasteiger partial charge in [-0.3, -0.25) is 10.1 Å². The second-order valence-electron chi connectivity index (χ2n) is 4.07. The van der Waals surface area contributed by atoms with Gasteiger partial charge in [0.05, 0.1) is 4.92 Å². The SMILES string of the molecule is CCCN(C)c1cccc(S(C)(=O)=O)c1[N+](=O)[O-]. The Bertz CT molecular complexity index is 554. The molecular formula is C11H16N2O4S. The van der Waals surface area contributed by atoms with Gasteiger partial charge in [0.2, 0.25) is 0 Å². The Morgan fingerprint density at radius 2 is 2.00 bits per heavy atom. The van der Waals surface area contributed by atoms with E-state index in [1.807, 2.05) is 6.92 Å².